The van der Waals surface area contributed by atoms with Crippen molar-refractivity contribution >= 4 is 0 Å². The third-order valence-corrected chi connectivity index (χ3v) is 1.77. The van der Waals surface area contributed by atoms with Gasteiger partial charge in [-0.3, -0.25) is 20.2 Å². The normalized spacial score (nSPS) is 21.7. The molecule has 0 bridgehead atoms. The molecule has 1 unspecified atom stereocenters. The van der Waals surface area contributed by atoms with E-state index in [1.165, 1.54) is 0 Å². The maximum atomic E-state index is 11.0. The van der Waals surface area contributed by atoms with Gasteiger partial charge >= 0.3 is 0 Å². The Bertz CT molecular complexity index is 358. The van der Waals surface area contributed by atoms with Crippen molar-refractivity contribution in [2.45, 2.75) is 12.5 Å². The van der Waals surface area contributed by atoms with E-state index in [0.29, 0.717) is 0 Å². The zero-order chi connectivity index (χ0) is 10.9. The minimum Gasteiger partial charge on any atom is -0.867 e. The van der Waals surface area contributed by atoms with Crippen LogP contribution < -0.4 is 10.8 Å². The van der Waals surface area contributed by atoms with Crippen molar-refractivity contribution in [2.75, 3.05) is 0 Å². The molecule has 0 fully saturated rings. The van der Waals surface area contributed by atoms with E-state index in [4.69, 9.17) is 5.73 Å². The van der Waals surface area contributed by atoms with Crippen LogP contribution in [0.4, 0.5) is 0 Å². The second-order valence-corrected chi connectivity index (χ2v) is 2.72. The van der Waals surface area contributed by atoms with E-state index in [1.54, 1.807) is 0 Å². The molecule has 8 nitrogen and oxygen atoms in total. The SMILES string of the molecule is NC1=C([O-])C([N+](=O)[O-])=CC([N+](=O)[O-])C1. The summed E-state index contributed by atoms with van der Waals surface area (Å²) in [6, 6.07) is -1.28. The van der Waals surface area contributed by atoms with E-state index < -0.39 is 27.3 Å². The van der Waals surface area contributed by atoms with E-state index >= 15 is 0 Å². The average Bonchev–Trinajstić information content (AvgIpc) is 2.08. The first kappa shape index (κ1) is 9.96. The largest absolute Gasteiger partial charge is 0.867 e. The maximum Gasteiger partial charge on any atom is 0.266 e. The fourth-order valence-electron chi connectivity index (χ4n) is 1.08. The Labute approximate surface area is 77.6 Å². The molecule has 1 atom stereocenters. The van der Waals surface area contributed by atoms with Crippen LogP contribution in [0.15, 0.2) is 23.2 Å². The minimum atomic E-state index is -1.28. The van der Waals surface area contributed by atoms with Crippen LogP contribution in [0.25, 0.3) is 0 Å². The van der Waals surface area contributed by atoms with Gasteiger partial charge in [-0.1, -0.05) is 0 Å². The lowest BCUT2D eigenvalue weighted by Gasteiger charge is -2.18. The Kier molecular flexibility index (Phi) is 2.36. The monoisotopic (exact) mass is 200 g/mol. The van der Waals surface area contributed by atoms with Gasteiger partial charge in [0, 0.05) is 10.6 Å². The predicted molar refractivity (Wildman–Crippen MR) is 41.7 cm³/mol. The molecule has 1 aliphatic rings. The van der Waals surface area contributed by atoms with Crippen LogP contribution in [0.5, 0.6) is 0 Å². The van der Waals surface area contributed by atoms with Crippen molar-refractivity contribution in [3.05, 3.63) is 43.5 Å². The molecule has 76 valence electrons. The number of nitro groups is 2. The van der Waals surface area contributed by atoms with Crippen LogP contribution in [0.1, 0.15) is 6.42 Å². The number of hydrogen-bond donors (Lipinski definition) is 1. The Morgan fingerprint density at radius 2 is 2.00 bits per heavy atom. The highest BCUT2D eigenvalue weighted by atomic mass is 16.6. The van der Waals surface area contributed by atoms with Crippen molar-refractivity contribution < 1.29 is 15.0 Å². The fraction of sp³-hybridized carbons (Fsp3) is 0.333. The molecule has 2 N–H and O–H groups in total. The van der Waals surface area contributed by atoms with E-state index in [0.717, 1.165) is 6.08 Å². The van der Waals surface area contributed by atoms with Crippen molar-refractivity contribution in [3.63, 3.8) is 0 Å². The topological polar surface area (TPSA) is 135 Å². The van der Waals surface area contributed by atoms with Crippen molar-refractivity contribution in [1.82, 2.24) is 0 Å². The molecule has 1 aliphatic carbocycles. The highest BCUT2D eigenvalue weighted by Crippen LogP contribution is 2.20. The standard InChI is InChI=1S/C6H7N3O5/c7-4-1-3(8(11)12)2-5(6(4)10)9(13)14/h2-3,10H,1,7H2/p-1. The van der Waals surface area contributed by atoms with Crippen molar-refractivity contribution in [2.24, 2.45) is 5.73 Å². The highest BCUT2D eigenvalue weighted by Gasteiger charge is 2.29. The Balaban J connectivity index is 3.09. The third-order valence-electron chi connectivity index (χ3n) is 1.77. The smallest absolute Gasteiger partial charge is 0.266 e. The summed E-state index contributed by atoms with van der Waals surface area (Å²) in [5.74, 6) is -0.937. The van der Waals surface area contributed by atoms with Gasteiger partial charge in [0.1, 0.15) is 0 Å². The third kappa shape index (κ3) is 1.63. The molecule has 1 rings (SSSR count). The zero-order valence-electron chi connectivity index (χ0n) is 6.87. The average molecular weight is 200 g/mol. The van der Waals surface area contributed by atoms with Crippen LogP contribution in [0, 0.1) is 20.2 Å². The second-order valence-electron chi connectivity index (χ2n) is 2.72. The van der Waals surface area contributed by atoms with Crippen LogP contribution in [0.2, 0.25) is 0 Å². The molecule has 0 aromatic carbocycles. The first-order valence-corrected chi connectivity index (χ1v) is 3.59. The van der Waals surface area contributed by atoms with Gasteiger partial charge < -0.3 is 10.8 Å². The minimum absolute atomic E-state index is 0.275. The summed E-state index contributed by atoms with van der Waals surface area (Å²) in [5.41, 5.74) is 3.98. The highest BCUT2D eigenvalue weighted by molar-refractivity contribution is 5.27. The van der Waals surface area contributed by atoms with Gasteiger partial charge in [0.2, 0.25) is 6.04 Å². The number of hydrogen-bond acceptors (Lipinski definition) is 6. The summed E-state index contributed by atoms with van der Waals surface area (Å²) in [7, 11) is 0. The van der Waals surface area contributed by atoms with Crippen LogP contribution in [-0.4, -0.2) is 15.9 Å². The van der Waals surface area contributed by atoms with Crippen LogP contribution in [-0.2, 0) is 0 Å². The second kappa shape index (κ2) is 3.32. The van der Waals surface area contributed by atoms with Gasteiger partial charge in [-0.05, 0) is 5.76 Å². The predicted octanol–water partition coefficient (Wildman–Crippen LogP) is -1.27. The van der Waals surface area contributed by atoms with Crippen LogP contribution >= 0.6 is 0 Å². The van der Waals surface area contributed by atoms with E-state index in [1.807, 2.05) is 0 Å². The van der Waals surface area contributed by atoms with Gasteiger partial charge in [-0.2, -0.15) is 0 Å². The lowest BCUT2D eigenvalue weighted by molar-refractivity contribution is -0.514. The summed E-state index contributed by atoms with van der Waals surface area (Å²) in [4.78, 5) is 18.9. The van der Waals surface area contributed by atoms with Crippen molar-refractivity contribution in [1.29, 1.82) is 0 Å². The fourth-order valence-corrected chi connectivity index (χ4v) is 1.08. The van der Waals surface area contributed by atoms with Gasteiger partial charge in [-0.15, -0.1) is 0 Å². The number of nitrogens with two attached hydrogens (primary N) is 1. The van der Waals surface area contributed by atoms with Gasteiger partial charge in [0.25, 0.3) is 5.70 Å². The maximum absolute atomic E-state index is 11.0. The lowest BCUT2D eigenvalue weighted by atomic mass is 10.0. The molecule has 0 saturated heterocycles. The molecule has 0 aromatic heterocycles. The molecule has 0 saturated carbocycles. The molecule has 0 aliphatic heterocycles. The molecule has 0 amide bonds. The summed E-state index contributed by atoms with van der Waals surface area (Å²) in [5, 5.41) is 31.7. The molecule has 0 aromatic rings. The van der Waals surface area contributed by atoms with E-state index in [-0.39, 0.29) is 12.1 Å². The molecular weight excluding hydrogens is 194 g/mol. The zero-order valence-corrected chi connectivity index (χ0v) is 6.87. The Morgan fingerprint density at radius 1 is 1.43 bits per heavy atom. The Hall–Kier alpha value is -2.12. The molecule has 0 spiro atoms. The van der Waals surface area contributed by atoms with E-state index in [9.17, 15) is 25.3 Å². The van der Waals surface area contributed by atoms with E-state index in [2.05, 4.69) is 0 Å². The van der Waals surface area contributed by atoms with Crippen LogP contribution in [0.3, 0.4) is 0 Å². The Morgan fingerprint density at radius 3 is 2.43 bits per heavy atom. The number of rotatable bonds is 2. The van der Waals surface area contributed by atoms with Crippen molar-refractivity contribution in [3.8, 4) is 0 Å². The lowest BCUT2D eigenvalue weighted by Crippen LogP contribution is -2.30. The number of nitrogens with zero attached hydrogens (tertiary/aromatic N) is 2. The molecular formula is C6H6N3O5-. The molecule has 0 heterocycles. The van der Waals surface area contributed by atoms with Gasteiger partial charge in [0.05, 0.1) is 17.4 Å². The summed E-state index contributed by atoms with van der Waals surface area (Å²) in [6.45, 7) is 0. The molecule has 14 heavy (non-hydrogen) atoms. The summed E-state index contributed by atoms with van der Waals surface area (Å²) < 4.78 is 0. The molecule has 0 radical (unpaired) electrons. The van der Waals surface area contributed by atoms with Gasteiger partial charge in [-0.25, -0.2) is 0 Å². The van der Waals surface area contributed by atoms with Gasteiger partial charge in [0.15, 0.2) is 0 Å². The quantitative estimate of drug-likeness (QED) is 0.435. The first-order chi connectivity index (χ1) is 6.43. The summed E-state index contributed by atoms with van der Waals surface area (Å²) >= 11 is 0. The first-order valence-electron chi connectivity index (χ1n) is 3.59. The summed E-state index contributed by atoms with van der Waals surface area (Å²) in [6.07, 6.45) is 0.446. The molecule has 8 heteroatoms.